The number of nitrogens with one attached hydrogen (secondary N) is 2. The highest BCUT2D eigenvalue weighted by molar-refractivity contribution is 5.79. The van der Waals surface area contributed by atoms with E-state index in [1.807, 2.05) is 30.3 Å². The van der Waals surface area contributed by atoms with E-state index < -0.39 is 17.8 Å². The predicted molar refractivity (Wildman–Crippen MR) is 90.9 cm³/mol. The standard InChI is InChI=1S/C19H19F3N2O2/c1-13(25)24-17(15-5-3-2-4-6-15)11-18(26)23-12-14-7-9-16(10-8-14)19(20,21)22/h2-10,17H,11-12H2,1H3,(H,23,26)(H,24,25)/t17-/m1/s1. The maximum Gasteiger partial charge on any atom is 0.416 e. The quantitative estimate of drug-likeness (QED) is 0.823. The Balaban J connectivity index is 1.94. The average molecular weight is 364 g/mol. The van der Waals surface area contributed by atoms with Crippen molar-refractivity contribution in [1.82, 2.24) is 10.6 Å². The predicted octanol–water partition coefficient (Wildman–Crippen LogP) is 3.59. The van der Waals surface area contributed by atoms with Crippen LogP contribution in [0.3, 0.4) is 0 Å². The molecule has 0 radical (unpaired) electrons. The molecule has 2 aromatic carbocycles. The Morgan fingerprint density at radius 1 is 1.00 bits per heavy atom. The van der Waals surface area contributed by atoms with E-state index >= 15 is 0 Å². The topological polar surface area (TPSA) is 58.2 Å². The first-order chi connectivity index (χ1) is 12.3. The highest BCUT2D eigenvalue weighted by atomic mass is 19.4. The molecule has 1 atom stereocenters. The Morgan fingerprint density at radius 3 is 2.15 bits per heavy atom. The molecule has 26 heavy (non-hydrogen) atoms. The summed E-state index contributed by atoms with van der Waals surface area (Å²) in [5.74, 6) is -0.568. The van der Waals surface area contributed by atoms with Crippen molar-refractivity contribution in [2.24, 2.45) is 0 Å². The van der Waals surface area contributed by atoms with Crippen LogP contribution < -0.4 is 10.6 Å². The molecular weight excluding hydrogens is 345 g/mol. The van der Waals surface area contributed by atoms with Crippen molar-refractivity contribution in [2.45, 2.75) is 32.1 Å². The van der Waals surface area contributed by atoms with Crippen molar-refractivity contribution in [3.63, 3.8) is 0 Å². The van der Waals surface area contributed by atoms with Gasteiger partial charge in [0.1, 0.15) is 0 Å². The monoisotopic (exact) mass is 364 g/mol. The Bertz CT molecular complexity index is 744. The second-order valence-corrected chi connectivity index (χ2v) is 5.84. The summed E-state index contributed by atoms with van der Waals surface area (Å²) >= 11 is 0. The van der Waals surface area contributed by atoms with Crippen molar-refractivity contribution in [2.75, 3.05) is 0 Å². The van der Waals surface area contributed by atoms with Gasteiger partial charge >= 0.3 is 6.18 Å². The van der Waals surface area contributed by atoms with Gasteiger partial charge in [0, 0.05) is 13.5 Å². The van der Waals surface area contributed by atoms with Gasteiger partial charge in [-0.25, -0.2) is 0 Å². The third-order valence-electron chi connectivity index (χ3n) is 3.74. The van der Waals surface area contributed by atoms with Crippen LogP contribution in [0, 0.1) is 0 Å². The van der Waals surface area contributed by atoms with Crippen LogP contribution in [0.2, 0.25) is 0 Å². The van der Waals surface area contributed by atoms with Crippen LogP contribution in [-0.2, 0) is 22.3 Å². The lowest BCUT2D eigenvalue weighted by molar-refractivity contribution is -0.137. The lowest BCUT2D eigenvalue weighted by Crippen LogP contribution is -2.32. The molecule has 0 unspecified atom stereocenters. The molecule has 0 fully saturated rings. The summed E-state index contributed by atoms with van der Waals surface area (Å²) in [6.07, 6.45) is -4.35. The smallest absolute Gasteiger partial charge is 0.352 e. The molecule has 0 heterocycles. The van der Waals surface area contributed by atoms with E-state index in [9.17, 15) is 22.8 Å². The number of hydrogen-bond acceptors (Lipinski definition) is 2. The summed E-state index contributed by atoms with van der Waals surface area (Å²) in [6.45, 7) is 1.48. The molecule has 0 spiro atoms. The summed E-state index contributed by atoms with van der Waals surface area (Å²) in [5.41, 5.74) is 0.622. The van der Waals surface area contributed by atoms with Gasteiger partial charge in [0.2, 0.25) is 11.8 Å². The maximum atomic E-state index is 12.5. The molecule has 0 aromatic heterocycles. The molecule has 2 N–H and O–H groups in total. The van der Waals surface area contributed by atoms with E-state index in [0.717, 1.165) is 17.7 Å². The first-order valence-corrected chi connectivity index (χ1v) is 8.00. The van der Waals surface area contributed by atoms with Gasteiger partial charge in [-0.2, -0.15) is 13.2 Å². The normalized spacial score (nSPS) is 12.3. The van der Waals surface area contributed by atoms with E-state index in [1.165, 1.54) is 19.1 Å². The molecule has 7 heteroatoms. The van der Waals surface area contributed by atoms with Crippen molar-refractivity contribution in [1.29, 1.82) is 0 Å². The average Bonchev–Trinajstić information content (AvgIpc) is 2.59. The molecule has 2 aromatic rings. The first kappa shape index (κ1) is 19.5. The molecule has 4 nitrogen and oxygen atoms in total. The van der Waals surface area contributed by atoms with Crippen LogP contribution in [0.1, 0.15) is 36.1 Å². The minimum absolute atomic E-state index is 0.0320. The Morgan fingerprint density at radius 2 is 1.62 bits per heavy atom. The van der Waals surface area contributed by atoms with Gasteiger partial charge in [-0.3, -0.25) is 9.59 Å². The van der Waals surface area contributed by atoms with Crippen LogP contribution in [0.5, 0.6) is 0 Å². The molecule has 0 aliphatic rings. The number of rotatable bonds is 6. The lowest BCUT2D eigenvalue weighted by atomic mass is 10.0. The van der Waals surface area contributed by atoms with Gasteiger partial charge in [0.25, 0.3) is 0 Å². The summed E-state index contributed by atoms with van der Waals surface area (Å²) in [4.78, 5) is 23.5. The van der Waals surface area contributed by atoms with Gasteiger partial charge in [-0.05, 0) is 23.3 Å². The molecule has 2 rings (SSSR count). The van der Waals surface area contributed by atoms with Crippen LogP contribution >= 0.6 is 0 Å². The number of benzene rings is 2. The molecule has 0 bridgehead atoms. The Hall–Kier alpha value is -2.83. The molecule has 0 aliphatic carbocycles. The second kappa shape index (κ2) is 8.51. The van der Waals surface area contributed by atoms with Crippen molar-refractivity contribution in [3.8, 4) is 0 Å². The van der Waals surface area contributed by atoms with Gasteiger partial charge in [-0.15, -0.1) is 0 Å². The minimum Gasteiger partial charge on any atom is -0.352 e. The molecule has 0 saturated carbocycles. The first-order valence-electron chi connectivity index (χ1n) is 8.00. The largest absolute Gasteiger partial charge is 0.416 e. The summed E-state index contributed by atoms with van der Waals surface area (Å²) in [6, 6.07) is 13.2. The van der Waals surface area contributed by atoms with Crippen molar-refractivity contribution < 1.29 is 22.8 Å². The lowest BCUT2D eigenvalue weighted by Gasteiger charge is -2.18. The van der Waals surface area contributed by atoms with Crippen molar-refractivity contribution >= 4 is 11.8 Å². The van der Waals surface area contributed by atoms with Crippen LogP contribution in [-0.4, -0.2) is 11.8 Å². The van der Waals surface area contributed by atoms with Crippen LogP contribution in [0.4, 0.5) is 13.2 Å². The van der Waals surface area contributed by atoms with E-state index in [-0.39, 0.29) is 24.8 Å². The molecule has 0 saturated heterocycles. The second-order valence-electron chi connectivity index (χ2n) is 5.84. The number of amides is 2. The zero-order valence-corrected chi connectivity index (χ0v) is 14.1. The third-order valence-corrected chi connectivity index (χ3v) is 3.74. The van der Waals surface area contributed by atoms with Crippen molar-refractivity contribution in [3.05, 3.63) is 71.3 Å². The molecular formula is C19H19F3N2O2. The number of alkyl halides is 3. The molecule has 2 amide bonds. The summed E-state index contributed by atoms with van der Waals surface area (Å²) in [5, 5.41) is 5.38. The number of halogens is 3. The fourth-order valence-corrected chi connectivity index (χ4v) is 2.45. The van der Waals surface area contributed by atoms with Gasteiger partial charge in [0.15, 0.2) is 0 Å². The summed E-state index contributed by atoms with van der Waals surface area (Å²) in [7, 11) is 0. The zero-order chi connectivity index (χ0) is 19.2. The fraction of sp³-hybridized carbons (Fsp3) is 0.263. The van der Waals surface area contributed by atoms with Crippen LogP contribution in [0.15, 0.2) is 54.6 Å². The SMILES string of the molecule is CC(=O)N[C@H](CC(=O)NCc1ccc(C(F)(F)F)cc1)c1ccccc1. The molecule has 0 aliphatic heterocycles. The van der Waals surface area contributed by atoms with E-state index in [2.05, 4.69) is 10.6 Å². The number of hydrogen-bond donors (Lipinski definition) is 2. The van der Waals surface area contributed by atoms with Crippen LogP contribution in [0.25, 0.3) is 0 Å². The van der Waals surface area contributed by atoms with Gasteiger partial charge in [0.05, 0.1) is 18.0 Å². The van der Waals surface area contributed by atoms with E-state index in [0.29, 0.717) is 5.56 Å². The number of carbonyl (C=O) groups excluding carboxylic acids is 2. The zero-order valence-electron chi connectivity index (χ0n) is 14.1. The van der Waals surface area contributed by atoms with Gasteiger partial charge < -0.3 is 10.6 Å². The fourth-order valence-electron chi connectivity index (χ4n) is 2.45. The maximum absolute atomic E-state index is 12.5. The highest BCUT2D eigenvalue weighted by Crippen LogP contribution is 2.29. The third kappa shape index (κ3) is 5.91. The Kier molecular flexibility index (Phi) is 6.38. The highest BCUT2D eigenvalue weighted by Gasteiger charge is 2.29. The minimum atomic E-state index is -4.39. The van der Waals surface area contributed by atoms with E-state index in [1.54, 1.807) is 0 Å². The Labute approximate surface area is 149 Å². The number of carbonyl (C=O) groups is 2. The van der Waals surface area contributed by atoms with Gasteiger partial charge in [-0.1, -0.05) is 42.5 Å². The molecule has 138 valence electrons. The summed E-state index contributed by atoms with van der Waals surface area (Å²) < 4.78 is 37.6. The van der Waals surface area contributed by atoms with E-state index in [4.69, 9.17) is 0 Å².